The van der Waals surface area contributed by atoms with Crippen molar-refractivity contribution in [3.05, 3.63) is 22.4 Å². The zero-order valence-electron chi connectivity index (χ0n) is 12.1. The van der Waals surface area contributed by atoms with Crippen molar-refractivity contribution in [3.8, 4) is 0 Å². The van der Waals surface area contributed by atoms with E-state index in [0.717, 1.165) is 18.9 Å². The molecule has 1 aromatic heterocycles. The molecule has 2 nitrogen and oxygen atoms in total. The van der Waals surface area contributed by atoms with Crippen molar-refractivity contribution in [2.45, 2.75) is 58.1 Å². The normalized spacial score (nSPS) is 20.0. The van der Waals surface area contributed by atoms with Gasteiger partial charge in [-0.3, -0.25) is 0 Å². The maximum absolute atomic E-state index is 10.2. The monoisotopic (exact) mass is 281 g/mol. The molecular formula is C16H27NOS. The minimum absolute atomic E-state index is 0.190. The Bertz CT molecular complexity index is 344. The summed E-state index contributed by atoms with van der Waals surface area (Å²) in [5.41, 5.74) is 0. The quantitative estimate of drug-likeness (QED) is 0.792. The van der Waals surface area contributed by atoms with E-state index in [-0.39, 0.29) is 6.10 Å². The van der Waals surface area contributed by atoms with Gasteiger partial charge in [-0.05, 0) is 29.7 Å². The van der Waals surface area contributed by atoms with E-state index in [2.05, 4.69) is 36.7 Å². The summed E-state index contributed by atoms with van der Waals surface area (Å²) in [6, 6.07) is 4.66. The van der Waals surface area contributed by atoms with Gasteiger partial charge in [-0.1, -0.05) is 45.6 Å². The number of nitrogens with one attached hydrogen (secondary N) is 1. The molecule has 2 unspecified atom stereocenters. The van der Waals surface area contributed by atoms with Crippen LogP contribution >= 0.6 is 11.3 Å². The van der Waals surface area contributed by atoms with Gasteiger partial charge in [0.1, 0.15) is 0 Å². The molecule has 0 amide bonds. The summed E-state index contributed by atoms with van der Waals surface area (Å²) < 4.78 is 0. The van der Waals surface area contributed by atoms with Gasteiger partial charge in [-0.2, -0.15) is 0 Å². The highest BCUT2D eigenvalue weighted by molar-refractivity contribution is 7.10. The average molecular weight is 281 g/mol. The van der Waals surface area contributed by atoms with Crippen molar-refractivity contribution in [2.24, 2.45) is 11.8 Å². The Morgan fingerprint density at radius 2 is 2.11 bits per heavy atom. The standard InChI is InChI=1S/C16H27NOS/c1-12(2)16(15-8-5-9-19-15)17-11-14(18)10-13-6-3-4-7-13/h5,8-9,12-14,16-18H,3-4,6-7,10-11H2,1-2H3. The van der Waals surface area contributed by atoms with Crippen LogP contribution in [0.1, 0.15) is 56.9 Å². The van der Waals surface area contributed by atoms with Gasteiger partial charge in [0.25, 0.3) is 0 Å². The first kappa shape index (κ1) is 15.0. The van der Waals surface area contributed by atoms with Crippen molar-refractivity contribution in [2.75, 3.05) is 6.54 Å². The summed E-state index contributed by atoms with van der Waals surface area (Å²) >= 11 is 1.80. The van der Waals surface area contributed by atoms with Crippen molar-refractivity contribution in [3.63, 3.8) is 0 Å². The first-order chi connectivity index (χ1) is 9.16. The van der Waals surface area contributed by atoms with Crippen molar-refractivity contribution >= 4 is 11.3 Å². The maximum Gasteiger partial charge on any atom is 0.0667 e. The van der Waals surface area contributed by atoms with Crippen LogP contribution in [0.15, 0.2) is 17.5 Å². The predicted octanol–water partition coefficient (Wildman–Crippen LogP) is 3.98. The van der Waals surface area contributed by atoms with E-state index in [1.165, 1.54) is 30.6 Å². The highest BCUT2D eigenvalue weighted by Gasteiger charge is 2.21. The molecule has 1 aromatic rings. The fraction of sp³-hybridized carbons (Fsp3) is 0.750. The Hall–Kier alpha value is -0.380. The van der Waals surface area contributed by atoms with E-state index in [1.54, 1.807) is 11.3 Å². The first-order valence-electron chi connectivity index (χ1n) is 7.61. The summed E-state index contributed by atoms with van der Waals surface area (Å²) in [5.74, 6) is 1.31. The summed E-state index contributed by atoms with van der Waals surface area (Å²) in [5, 5.41) is 15.9. The van der Waals surface area contributed by atoms with E-state index in [0.29, 0.717) is 12.0 Å². The van der Waals surface area contributed by atoms with Crippen LogP contribution in [-0.2, 0) is 0 Å². The summed E-state index contributed by atoms with van der Waals surface area (Å²) in [6.07, 6.45) is 6.13. The topological polar surface area (TPSA) is 32.3 Å². The molecule has 108 valence electrons. The second-order valence-corrected chi connectivity index (χ2v) is 7.16. The smallest absolute Gasteiger partial charge is 0.0667 e. The number of hydrogen-bond donors (Lipinski definition) is 2. The largest absolute Gasteiger partial charge is 0.392 e. The molecule has 0 aliphatic heterocycles. The zero-order valence-corrected chi connectivity index (χ0v) is 13.0. The van der Waals surface area contributed by atoms with Crippen molar-refractivity contribution < 1.29 is 5.11 Å². The van der Waals surface area contributed by atoms with Crippen molar-refractivity contribution in [1.82, 2.24) is 5.32 Å². The predicted molar refractivity (Wildman–Crippen MR) is 82.5 cm³/mol. The van der Waals surface area contributed by atoms with Crippen molar-refractivity contribution in [1.29, 1.82) is 0 Å². The van der Waals surface area contributed by atoms with Gasteiger partial charge >= 0.3 is 0 Å². The van der Waals surface area contributed by atoms with Gasteiger partial charge in [0.05, 0.1) is 6.10 Å². The number of hydrogen-bond acceptors (Lipinski definition) is 3. The molecule has 0 spiro atoms. The highest BCUT2D eigenvalue weighted by atomic mass is 32.1. The minimum atomic E-state index is -0.190. The van der Waals surface area contributed by atoms with E-state index in [4.69, 9.17) is 0 Å². The number of aliphatic hydroxyl groups excluding tert-OH is 1. The Kier molecular flexibility index (Phi) is 5.86. The van der Waals surface area contributed by atoms with Crippen LogP contribution in [0.25, 0.3) is 0 Å². The van der Waals surface area contributed by atoms with Gasteiger partial charge in [-0.15, -0.1) is 11.3 Å². The van der Waals surface area contributed by atoms with Gasteiger partial charge in [-0.25, -0.2) is 0 Å². The third-order valence-electron chi connectivity index (χ3n) is 4.17. The number of aliphatic hydroxyl groups is 1. The summed E-state index contributed by atoms with van der Waals surface area (Å²) in [6.45, 7) is 5.19. The van der Waals surface area contributed by atoms with Crippen LogP contribution in [0.4, 0.5) is 0 Å². The lowest BCUT2D eigenvalue weighted by atomic mass is 9.98. The summed E-state index contributed by atoms with van der Waals surface area (Å²) in [4.78, 5) is 1.38. The first-order valence-corrected chi connectivity index (χ1v) is 8.49. The Morgan fingerprint density at radius 1 is 1.37 bits per heavy atom. The van der Waals surface area contributed by atoms with Crippen LogP contribution in [0.2, 0.25) is 0 Å². The van der Waals surface area contributed by atoms with Gasteiger partial charge in [0, 0.05) is 17.5 Å². The average Bonchev–Trinajstić information content (AvgIpc) is 3.01. The maximum atomic E-state index is 10.2. The van der Waals surface area contributed by atoms with Gasteiger partial charge in [0.15, 0.2) is 0 Å². The fourth-order valence-electron chi connectivity index (χ4n) is 3.11. The molecule has 3 heteroatoms. The zero-order chi connectivity index (χ0) is 13.7. The molecule has 0 saturated heterocycles. The molecule has 1 aliphatic carbocycles. The fourth-order valence-corrected chi connectivity index (χ4v) is 4.08. The second-order valence-electron chi connectivity index (χ2n) is 6.19. The molecule has 1 fully saturated rings. The second kappa shape index (κ2) is 7.41. The minimum Gasteiger partial charge on any atom is -0.392 e. The SMILES string of the molecule is CC(C)C(NCC(O)CC1CCCC1)c1cccs1. The Balaban J connectivity index is 1.78. The molecule has 0 aromatic carbocycles. The third kappa shape index (κ3) is 4.59. The van der Waals surface area contributed by atoms with Crippen LogP contribution in [0, 0.1) is 11.8 Å². The lowest BCUT2D eigenvalue weighted by molar-refractivity contribution is 0.134. The van der Waals surface area contributed by atoms with Crippen LogP contribution < -0.4 is 5.32 Å². The number of thiophene rings is 1. The Morgan fingerprint density at radius 3 is 2.68 bits per heavy atom. The van der Waals surface area contributed by atoms with E-state index in [9.17, 15) is 5.11 Å². The molecule has 1 saturated carbocycles. The molecule has 0 bridgehead atoms. The third-order valence-corrected chi connectivity index (χ3v) is 5.13. The molecule has 2 atom stereocenters. The molecule has 2 N–H and O–H groups in total. The molecule has 0 radical (unpaired) electrons. The molecule has 19 heavy (non-hydrogen) atoms. The van der Waals surface area contributed by atoms with Gasteiger partial charge in [0.2, 0.25) is 0 Å². The summed E-state index contributed by atoms with van der Waals surface area (Å²) in [7, 11) is 0. The molecule has 1 heterocycles. The van der Waals surface area contributed by atoms with Gasteiger partial charge < -0.3 is 10.4 Å². The number of rotatable bonds is 7. The van der Waals surface area contributed by atoms with Crippen LogP contribution in [0.3, 0.4) is 0 Å². The van der Waals surface area contributed by atoms with Crippen LogP contribution in [-0.4, -0.2) is 17.8 Å². The van der Waals surface area contributed by atoms with Crippen LogP contribution in [0.5, 0.6) is 0 Å². The Labute approximate surface area is 121 Å². The lowest BCUT2D eigenvalue weighted by Gasteiger charge is -2.24. The van der Waals surface area contributed by atoms with E-state index >= 15 is 0 Å². The van der Waals surface area contributed by atoms with E-state index < -0.39 is 0 Å². The highest BCUT2D eigenvalue weighted by Crippen LogP contribution is 2.29. The molecule has 2 rings (SSSR count). The molecular weight excluding hydrogens is 254 g/mol. The lowest BCUT2D eigenvalue weighted by Crippen LogP contribution is -2.33. The molecule has 1 aliphatic rings. The van der Waals surface area contributed by atoms with E-state index in [1.807, 2.05) is 0 Å².